The maximum atomic E-state index is 12.1. The second-order valence-electron chi connectivity index (χ2n) is 4.60. The number of rotatable bonds is 3. The molecule has 18 heavy (non-hydrogen) atoms. The number of aromatic nitrogens is 2. The fraction of sp³-hybridized carbons (Fsp3) is 0.545. The van der Waals surface area contributed by atoms with Gasteiger partial charge in [-0.25, -0.2) is 0 Å². The van der Waals surface area contributed by atoms with Crippen molar-refractivity contribution in [2.24, 2.45) is 17.9 Å². The van der Waals surface area contributed by atoms with E-state index < -0.39 is 5.54 Å². The van der Waals surface area contributed by atoms with Crippen LogP contribution in [0.4, 0.5) is 0 Å². The zero-order valence-corrected chi connectivity index (χ0v) is 10.3. The molecular formula is C11H17N5O2. The number of carbonyl (C=O) groups is 1. The van der Waals surface area contributed by atoms with Crippen molar-refractivity contribution in [3.63, 3.8) is 0 Å². The van der Waals surface area contributed by atoms with Crippen LogP contribution in [0.3, 0.4) is 0 Å². The van der Waals surface area contributed by atoms with Crippen molar-refractivity contribution in [3.05, 3.63) is 18.0 Å². The smallest absolute Gasteiger partial charge is 0.272 e. The van der Waals surface area contributed by atoms with Gasteiger partial charge in [-0.1, -0.05) is 18.0 Å². The molecule has 0 saturated heterocycles. The van der Waals surface area contributed by atoms with Gasteiger partial charge in [-0.15, -0.1) is 0 Å². The number of carbonyl (C=O) groups excluding carboxylic acids is 1. The number of amidine groups is 1. The molecule has 1 aromatic heterocycles. The van der Waals surface area contributed by atoms with Crippen molar-refractivity contribution >= 4 is 11.7 Å². The van der Waals surface area contributed by atoms with Crippen molar-refractivity contribution in [2.75, 3.05) is 0 Å². The van der Waals surface area contributed by atoms with Gasteiger partial charge >= 0.3 is 0 Å². The van der Waals surface area contributed by atoms with Crippen molar-refractivity contribution in [2.45, 2.75) is 31.2 Å². The van der Waals surface area contributed by atoms with E-state index in [-0.39, 0.29) is 11.7 Å². The normalized spacial score (nSPS) is 18.8. The molecule has 4 N–H and O–H groups in total. The van der Waals surface area contributed by atoms with E-state index in [1.807, 2.05) is 0 Å². The first-order valence-corrected chi connectivity index (χ1v) is 5.87. The predicted octanol–water partition coefficient (Wildman–Crippen LogP) is 0.209. The second kappa shape index (κ2) is 4.67. The highest BCUT2D eigenvalue weighted by Gasteiger charge is 2.40. The molecule has 1 fully saturated rings. The minimum atomic E-state index is -0.733. The van der Waals surface area contributed by atoms with Crippen LogP contribution >= 0.6 is 0 Å². The lowest BCUT2D eigenvalue weighted by atomic mass is 9.96. The lowest BCUT2D eigenvalue weighted by Gasteiger charge is -2.28. The minimum Gasteiger partial charge on any atom is -0.409 e. The third-order valence-corrected chi connectivity index (χ3v) is 3.35. The lowest BCUT2D eigenvalue weighted by molar-refractivity contribution is 0.0917. The highest BCUT2D eigenvalue weighted by atomic mass is 16.4. The van der Waals surface area contributed by atoms with E-state index >= 15 is 0 Å². The highest BCUT2D eigenvalue weighted by molar-refractivity contribution is 5.99. The summed E-state index contributed by atoms with van der Waals surface area (Å²) in [5.41, 5.74) is 5.30. The standard InChI is InChI=1S/C11H17N5O2/c1-16-7-4-8(14-16)9(17)13-11(10(12)15-18)5-2-3-6-11/h4,7,18H,2-3,5-6H2,1H3,(H2,12,15)(H,13,17). The van der Waals surface area contributed by atoms with E-state index in [0.717, 1.165) is 12.8 Å². The van der Waals surface area contributed by atoms with Crippen LogP contribution in [0.5, 0.6) is 0 Å². The molecule has 0 aliphatic heterocycles. The van der Waals surface area contributed by atoms with Gasteiger partial charge in [0.25, 0.3) is 5.91 Å². The van der Waals surface area contributed by atoms with Crippen molar-refractivity contribution < 1.29 is 10.0 Å². The van der Waals surface area contributed by atoms with Crippen molar-refractivity contribution in [1.29, 1.82) is 0 Å². The number of oxime groups is 1. The maximum absolute atomic E-state index is 12.1. The first-order valence-electron chi connectivity index (χ1n) is 5.87. The molecule has 1 aliphatic rings. The summed E-state index contributed by atoms with van der Waals surface area (Å²) in [6, 6.07) is 1.63. The molecule has 1 aromatic rings. The van der Waals surface area contributed by atoms with E-state index in [9.17, 15) is 4.79 Å². The van der Waals surface area contributed by atoms with Crippen LogP contribution in [0.2, 0.25) is 0 Å². The Labute approximate surface area is 105 Å². The molecule has 0 spiro atoms. The molecule has 0 bridgehead atoms. The molecule has 1 amide bonds. The van der Waals surface area contributed by atoms with Gasteiger partial charge < -0.3 is 16.3 Å². The van der Waals surface area contributed by atoms with Crippen LogP contribution in [-0.4, -0.2) is 32.3 Å². The number of nitrogens with two attached hydrogens (primary N) is 1. The SMILES string of the molecule is Cn1ccc(C(=O)NC2(/C(N)=N/O)CCCC2)n1. The Hall–Kier alpha value is -2.05. The van der Waals surface area contributed by atoms with Crippen LogP contribution in [-0.2, 0) is 7.05 Å². The third-order valence-electron chi connectivity index (χ3n) is 3.35. The predicted molar refractivity (Wildman–Crippen MR) is 65.3 cm³/mol. The summed E-state index contributed by atoms with van der Waals surface area (Å²) in [6.07, 6.45) is 4.94. The Kier molecular flexibility index (Phi) is 3.22. The number of aryl methyl sites for hydroxylation is 1. The fourth-order valence-corrected chi connectivity index (χ4v) is 2.34. The molecule has 0 atom stereocenters. The van der Waals surface area contributed by atoms with Gasteiger partial charge in [-0.3, -0.25) is 9.48 Å². The van der Waals surface area contributed by atoms with E-state index in [4.69, 9.17) is 10.9 Å². The monoisotopic (exact) mass is 251 g/mol. The van der Waals surface area contributed by atoms with Crippen LogP contribution in [0.15, 0.2) is 17.4 Å². The molecule has 1 aliphatic carbocycles. The number of nitrogens with zero attached hydrogens (tertiary/aromatic N) is 3. The average Bonchev–Trinajstić information content (AvgIpc) is 2.98. The lowest BCUT2D eigenvalue weighted by Crippen LogP contribution is -2.55. The van der Waals surface area contributed by atoms with Gasteiger partial charge in [-0.2, -0.15) is 5.10 Å². The van der Waals surface area contributed by atoms with Crippen LogP contribution in [0.1, 0.15) is 36.2 Å². The second-order valence-corrected chi connectivity index (χ2v) is 4.60. The molecule has 0 aromatic carbocycles. The molecule has 7 heteroatoms. The zero-order chi connectivity index (χ0) is 13.2. The first kappa shape index (κ1) is 12.4. The Morgan fingerprint density at radius 1 is 1.61 bits per heavy atom. The Bertz CT molecular complexity index is 474. The third kappa shape index (κ3) is 2.15. The summed E-state index contributed by atoms with van der Waals surface area (Å²) in [5.74, 6) is -0.242. The van der Waals surface area contributed by atoms with Crippen LogP contribution in [0, 0.1) is 0 Å². The Balaban J connectivity index is 2.17. The molecule has 1 heterocycles. The summed E-state index contributed by atoms with van der Waals surface area (Å²) in [7, 11) is 1.74. The Morgan fingerprint density at radius 3 is 2.78 bits per heavy atom. The molecule has 7 nitrogen and oxygen atoms in total. The van der Waals surface area contributed by atoms with E-state index in [1.54, 1.807) is 24.0 Å². The topological polar surface area (TPSA) is 106 Å². The molecule has 2 rings (SSSR count). The summed E-state index contributed by atoms with van der Waals surface area (Å²) in [6.45, 7) is 0. The average molecular weight is 251 g/mol. The summed E-state index contributed by atoms with van der Waals surface area (Å²) < 4.78 is 1.56. The fourth-order valence-electron chi connectivity index (χ4n) is 2.34. The minimum absolute atomic E-state index is 0.0595. The van der Waals surface area contributed by atoms with Gasteiger partial charge in [0.15, 0.2) is 5.84 Å². The number of nitrogens with one attached hydrogen (secondary N) is 1. The Morgan fingerprint density at radius 2 is 2.28 bits per heavy atom. The summed E-state index contributed by atoms with van der Waals surface area (Å²) >= 11 is 0. The molecule has 98 valence electrons. The molecular weight excluding hydrogens is 234 g/mol. The van der Waals surface area contributed by atoms with Gasteiger partial charge in [-0.05, 0) is 18.9 Å². The first-order chi connectivity index (χ1) is 8.57. The maximum Gasteiger partial charge on any atom is 0.272 e. The molecule has 0 unspecified atom stereocenters. The van der Waals surface area contributed by atoms with E-state index in [0.29, 0.717) is 18.5 Å². The van der Waals surface area contributed by atoms with Gasteiger partial charge in [0.2, 0.25) is 0 Å². The van der Waals surface area contributed by atoms with E-state index in [2.05, 4.69) is 15.6 Å². The van der Waals surface area contributed by atoms with Gasteiger partial charge in [0, 0.05) is 13.2 Å². The molecule has 1 saturated carbocycles. The quantitative estimate of drug-likeness (QED) is 0.309. The van der Waals surface area contributed by atoms with Gasteiger partial charge in [0.05, 0.1) is 0 Å². The largest absolute Gasteiger partial charge is 0.409 e. The van der Waals surface area contributed by atoms with Crippen molar-refractivity contribution in [3.8, 4) is 0 Å². The van der Waals surface area contributed by atoms with Crippen molar-refractivity contribution in [1.82, 2.24) is 15.1 Å². The number of hydrogen-bond acceptors (Lipinski definition) is 4. The molecule has 0 radical (unpaired) electrons. The summed E-state index contributed by atoms with van der Waals surface area (Å²) in [5, 5.41) is 18.8. The summed E-state index contributed by atoms with van der Waals surface area (Å²) in [4.78, 5) is 12.1. The highest BCUT2D eigenvalue weighted by Crippen LogP contribution is 2.30. The number of amides is 1. The zero-order valence-electron chi connectivity index (χ0n) is 10.3. The van der Waals surface area contributed by atoms with Gasteiger partial charge in [0.1, 0.15) is 11.2 Å². The van der Waals surface area contributed by atoms with E-state index in [1.165, 1.54) is 0 Å². The van der Waals surface area contributed by atoms with Crippen LogP contribution in [0.25, 0.3) is 0 Å². The van der Waals surface area contributed by atoms with Crippen LogP contribution < -0.4 is 11.1 Å². The number of hydrogen-bond donors (Lipinski definition) is 3.